The Hall–Kier alpha value is -0.120. The highest BCUT2D eigenvalue weighted by molar-refractivity contribution is 4.61. The minimum absolute atomic E-state index is 0.612. The van der Waals surface area contributed by atoms with E-state index in [1.165, 1.54) is 0 Å². The molecule has 0 saturated carbocycles. The van der Waals surface area contributed by atoms with Crippen LogP contribution in [0.3, 0.4) is 0 Å². The summed E-state index contributed by atoms with van der Waals surface area (Å²) >= 11 is 0. The normalized spacial score (nSPS) is 14.5. The van der Waals surface area contributed by atoms with Crippen molar-refractivity contribution in [2.24, 2.45) is 17.6 Å². The largest absolute Gasteiger partial charge is 0.317 e. The van der Waals surface area contributed by atoms with E-state index >= 15 is 0 Å². The molecule has 0 amide bonds. The van der Waals surface area contributed by atoms with Crippen LogP contribution >= 0.6 is 0 Å². The fourth-order valence-corrected chi connectivity index (χ4v) is 1.10. The number of rotatable bonds is 6. The topological polar surface area (TPSA) is 32.5 Å². The Bertz CT molecular complexity index is 125. The summed E-state index contributed by atoms with van der Waals surface area (Å²) in [7, 11) is 2.08. The predicted octanol–water partition coefficient (Wildman–Crippen LogP) is 1.36. The van der Waals surface area contributed by atoms with Crippen LogP contribution in [0.2, 0.25) is 0 Å². The molecule has 2 N–H and O–H groups in total. The molecular weight excluding hydrogens is 162 g/mol. The maximum atomic E-state index is 5.68. The van der Waals surface area contributed by atoms with Gasteiger partial charge in [0.15, 0.2) is 0 Å². The van der Waals surface area contributed by atoms with E-state index in [4.69, 9.17) is 5.73 Å². The summed E-state index contributed by atoms with van der Waals surface area (Å²) in [4.78, 5) is 0. The molecule has 1 unspecified atom stereocenters. The summed E-state index contributed by atoms with van der Waals surface area (Å²) < 4.78 is 0. The van der Waals surface area contributed by atoms with Crippen molar-refractivity contribution in [3.63, 3.8) is 0 Å². The molecule has 0 fully saturated rings. The van der Waals surface area contributed by atoms with Gasteiger partial charge in [-0.15, -0.1) is 0 Å². The van der Waals surface area contributed by atoms with Gasteiger partial charge in [0.2, 0.25) is 0 Å². The Balaban J connectivity index is 3.97. The molecule has 0 heterocycles. The molecule has 0 aliphatic rings. The lowest BCUT2D eigenvalue weighted by Gasteiger charge is -2.33. The fourth-order valence-electron chi connectivity index (χ4n) is 1.10. The van der Waals surface area contributed by atoms with Crippen molar-refractivity contribution < 1.29 is 0 Å². The maximum absolute atomic E-state index is 5.68. The van der Waals surface area contributed by atoms with Crippen molar-refractivity contribution in [2.45, 2.75) is 27.7 Å². The van der Waals surface area contributed by atoms with Gasteiger partial charge in [-0.25, -0.2) is 10.0 Å². The molecule has 0 aromatic carbocycles. The van der Waals surface area contributed by atoms with Crippen LogP contribution in [0.25, 0.3) is 0 Å². The molecule has 0 aliphatic carbocycles. The standard InChI is InChI=1S/C10H25N3/c1-6-12(5)13(8-11)7-10(4)9(2)3/h9-10H,6-8,11H2,1-5H3. The second-order valence-electron chi connectivity index (χ2n) is 4.07. The third-order valence-electron chi connectivity index (χ3n) is 2.79. The van der Waals surface area contributed by atoms with E-state index in [0.29, 0.717) is 12.6 Å². The summed E-state index contributed by atoms with van der Waals surface area (Å²) in [5, 5.41) is 4.38. The molecule has 0 aliphatic heterocycles. The monoisotopic (exact) mass is 187 g/mol. The molecular formula is C10H25N3. The maximum Gasteiger partial charge on any atom is 0.0598 e. The molecule has 3 heteroatoms. The molecule has 0 spiro atoms. The summed E-state index contributed by atoms with van der Waals surface area (Å²) in [6, 6.07) is 0. The van der Waals surface area contributed by atoms with Crippen LogP contribution < -0.4 is 5.73 Å². The molecule has 0 aromatic rings. The first-order valence-corrected chi connectivity index (χ1v) is 5.18. The highest BCUT2D eigenvalue weighted by Gasteiger charge is 2.14. The van der Waals surface area contributed by atoms with E-state index in [2.05, 4.69) is 44.8 Å². The molecule has 0 saturated heterocycles. The number of hydrogen-bond acceptors (Lipinski definition) is 3. The smallest absolute Gasteiger partial charge is 0.0598 e. The van der Waals surface area contributed by atoms with Gasteiger partial charge in [0.1, 0.15) is 0 Å². The minimum Gasteiger partial charge on any atom is -0.317 e. The molecule has 0 rings (SSSR count). The van der Waals surface area contributed by atoms with Gasteiger partial charge in [0.25, 0.3) is 0 Å². The summed E-state index contributed by atoms with van der Waals surface area (Å²) in [6.07, 6.45) is 0. The molecule has 1 atom stereocenters. The van der Waals surface area contributed by atoms with Crippen molar-refractivity contribution in [2.75, 3.05) is 26.8 Å². The lowest BCUT2D eigenvalue weighted by molar-refractivity contribution is -0.0106. The summed E-state index contributed by atoms with van der Waals surface area (Å²) in [5.41, 5.74) is 5.68. The number of hydrogen-bond donors (Lipinski definition) is 1. The van der Waals surface area contributed by atoms with Gasteiger partial charge < -0.3 is 5.73 Å². The third-order valence-corrected chi connectivity index (χ3v) is 2.79. The fraction of sp³-hybridized carbons (Fsp3) is 1.00. The predicted molar refractivity (Wildman–Crippen MR) is 58.1 cm³/mol. The zero-order valence-corrected chi connectivity index (χ0v) is 9.75. The van der Waals surface area contributed by atoms with Crippen molar-refractivity contribution in [3.8, 4) is 0 Å². The highest BCUT2D eigenvalue weighted by atomic mass is 15.6. The van der Waals surface area contributed by atoms with Gasteiger partial charge in [-0.2, -0.15) is 0 Å². The minimum atomic E-state index is 0.612. The molecule has 0 aromatic heterocycles. The third kappa shape index (κ3) is 4.60. The second-order valence-corrected chi connectivity index (χ2v) is 4.07. The van der Waals surface area contributed by atoms with E-state index in [9.17, 15) is 0 Å². The van der Waals surface area contributed by atoms with E-state index in [-0.39, 0.29) is 0 Å². The number of hydrazine groups is 1. The van der Waals surface area contributed by atoms with Crippen LogP contribution in [-0.2, 0) is 0 Å². The van der Waals surface area contributed by atoms with Gasteiger partial charge in [-0.3, -0.25) is 0 Å². The molecule has 13 heavy (non-hydrogen) atoms. The zero-order chi connectivity index (χ0) is 10.4. The average Bonchev–Trinajstić information content (AvgIpc) is 2.12. The number of nitrogens with zero attached hydrogens (tertiary/aromatic N) is 2. The van der Waals surface area contributed by atoms with Crippen LogP contribution in [0.5, 0.6) is 0 Å². The van der Waals surface area contributed by atoms with E-state index < -0.39 is 0 Å². The van der Waals surface area contributed by atoms with Crippen LogP contribution in [0, 0.1) is 11.8 Å². The SMILES string of the molecule is CCN(C)N(CN)CC(C)C(C)C. The van der Waals surface area contributed by atoms with Gasteiger partial charge in [0, 0.05) is 20.1 Å². The Morgan fingerprint density at radius 2 is 1.77 bits per heavy atom. The van der Waals surface area contributed by atoms with Gasteiger partial charge in [-0.1, -0.05) is 27.7 Å². The Labute approximate surface area is 82.9 Å². The van der Waals surface area contributed by atoms with Crippen LogP contribution in [-0.4, -0.2) is 36.8 Å². The van der Waals surface area contributed by atoms with Crippen LogP contribution in [0.4, 0.5) is 0 Å². The van der Waals surface area contributed by atoms with Crippen molar-refractivity contribution >= 4 is 0 Å². The van der Waals surface area contributed by atoms with Gasteiger partial charge >= 0.3 is 0 Å². The second kappa shape index (κ2) is 6.35. The van der Waals surface area contributed by atoms with Crippen LogP contribution in [0.1, 0.15) is 27.7 Å². The van der Waals surface area contributed by atoms with Crippen molar-refractivity contribution in [3.05, 3.63) is 0 Å². The molecule has 80 valence electrons. The molecule has 3 nitrogen and oxygen atoms in total. The quantitative estimate of drug-likeness (QED) is 0.503. The van der Waals surface area contributed by atoms with Gasteiger partial charge in [-0.05, 0) is 11.8 Å². The first-order valence-electron chi connectivity index (χ1n) is 5.18. The summed E-state index contributed by atoms with van der Waals surface area (Å²) in [6.45, 7) is 11.6. The molecule has 0 radical (unpaired) electrons. The first kappa shape index (κ1) is 12.9. The number of nitrogens with two attached hydrogens (primary N) is 1. The average molecular weight is 187 g/mol. The lowest BCUT2D eigenvalue weighted by Crippen LogP contribution is -2.46. The lowest BCUT2D eigenvalue weighted by atomic mass is 9.98. The van der Waals surface area contributed by atoms with Crippen LogP contribution in [0.15, 0.2) is 0 Å². The Kier molecular flexibility index (Phi) is 6.29. The Morgan fingerprint density at radius 1 is 1.23 bits per heavy atom. The summed E-state index contributed by atoms with van der Waals surface area (Å²) in [5.74, 6) is 1.41. The van der Waals surface area contributed by atoms with Gasteiger partial charge in [0.05, 0.1) is 6.67 Å². The highest BCUT2D eigenvalue weighted by Crippen LogP contribution is 2.11. The van der Waals surface area contributed by atoms with E-state index in [0.717, 1.165) is 19.0 Å². The van der Waals surface area contributed by atoms with E-state index in [1.54, 1.807) is 0 Å². The molecule has 0 bridgehead atoms. The van der Waals surface area contributed by atoms with Crippen molar-refractivity contribution in [1.82, 2.24) is 10.0 Å². The Morgan fingerprint density at radius 3 is 2.08 bits per heavy atom. The van der Waals surface area contributed by atoms with E-state index in [1.807, 2.05) is 0 Å². The zero-order valence-electron chi connectivity index (χ0n) is 9.75. The van der Waals surface area contributed by atoms with Crippen molar-refractivity contribution in [1.29, 1.82) is 0 Å². The first-order chi connectivity index (χ1) is 6.02.